The fourth-order valence-electron chi connectivity index (χ4n) is 0.935. The van der Waals surface area contributed by atoms with Gasteiger partial charge in [-0.3, -0.25) is 0 Å². The molecule has 0 aromatic carbocycles. The standard InChI is InChI=1S/C10H17NO4/c1-7(2)9(12)15-6-5-11(8(3)4)10(13)14/h8H,1,5-6H2,2-4H3,(H,13,14). The van der Waals surface area contributed by atoms with E-state index in [9.17, 15) is 9.59 Å². The number of carbonyl (C=O) groups is 2. The Bertz CT molecular complexity index is 260. The Hall–Kier alpha value is -1.52. The van der Waals surface area contributed by atoms with Crippen LogP contribution < -0.4 is 0 Å². The summed E-state index contributed by atoms with van der Waals surface area (Å²) in [6.07, 6.45) is -1.02. The number of esters is 1. The zero-order valence-corrected chi connectivity index (χ0v) is 9.32. The molecular formula is C10H17NO4. The molecule has 1 amide bonds. The van der Waals surface area contributed by atoms with E-state index in [1.807, 2.05) is 0 Å². The van der Waals surface area contributed by atoms with Crippen molar-refractivity contribution < 1.29 is 19.4 Å². The summed E-state index contributed by atoms with van der Waals surface area (Å²) >= 11 is 0. The molecule has 0 aliphatic carbocycles. The summed E-state index contributed by atoms with van der Waals surface area (Å²) in [7, 11) is 0. The number of carboxylic acid groups (broad SMARTS) is 1. The van der Waals surface area contributed by atoms with Crippen LogP contribution in [0.4, 0.5) is 4.79 Å². The van der Waals surface area contributed by atoms with Crippen LogP contribution >= 0.6 is 0 Å². The van der Waals surface area contributed by atoms with Gasteiger partial charge in [0.15, 0.2) is 0 Å². The van der Waals surface area contributed by atoms with Crippen molar-refractivity contribution in [2.45, 2.75) is 26.8 Å². The molecule has 0 aliphatic rings. The van der Waals surface area contributed by atoms with Crippen LogP contribution in [0.3, 0.4) is 0 Å². The first-order valence-electron chi connectivity index (χ1n) is 4.68. The number of nitrogens with zero attached hydrogens (tertiary/aromatic N) is 1. The summed E-state index contributed by atoms with van der Waals surface area (Å²) in [6, 6.07) is -0.133. The Morgan fingerprint density at radius 2 is 2.00 bits per heavy atom. The Kier molecular flexibility index (Phi) is 5.44. The van der Waals surface area contributed by atoms with Gasteiger partial charge >= 0.3 is 12.1 Å². The summed E-state index contributed by atoms with van der Waals surface area (Å²) < 4.78 is 4.79. The third kappa shape index (κ3) is 5.05. The number of carbonyl (C=O) groups excluding carboxylic acids is 1. The molecule has 15 heavy (non-hydrogen) atoms. The second-order valence-corrected chi connectivity index (χ2v) is 3.49. The van der Waals surface area contributed by atoms with Gasteiger partial charge in [-0.2, -0.15) is 0 Å². The average molecular weight is 215 g/mol. The minimum absolute atomic E-state index is 0.0518. The summed E-state index contributed by atoms with van der Waals surface area (Å²) in [5, 5.41) is 8.79. The third-order valence-electron chi connectivity index (χ3n) is 1.78. The lowest BCUT2D eigenvalue weighted by molar-refractivity contribution is -0.139. The maximum Gasteiger partial charge on any atom is 0.407 e. The highest BCUT2D eigenvalue weighted by atomic mass is 16.5. The second-order valence-electron chi connectivity index (χ2n) is 3.49. The first kappa shape index (κ1) is 13.5. The normalized spacial score (nSPS) is 9.87. The predicted molar refractivity (Wildman–Crippen MR) is 55.6 cm³/mol. The summed E-state index contributed by atoms with van der Waals surface area (Å²) in [6.45, 7) is 8.70. The van der Waals surface area contributed by atoms with Gasteiger partial charge in [0.1, 0.15) is 6.61 Å². The van der Waals surface area contributed by atoms with E-state index in [2.05, 4.69) is 6.58 Å². The quantitative estimate of drug-likeness (QED) is 0.557. The van der Waals surface area contributed by atoms with Crippen LogP contribution in [0.5, 0.6) is 0 Å². The summed E-state index contributed by atoms with van der Waals surface area (Å²) in [5.41, 5.74) is 0.307. The Morgan fingerprint density at radius 1 is 1.47 bits per heavy atom. The molecule has 0 aliphatic heterocycles. The van der Waals surface area contributed by atoms with Gasteiger partial charge in [0.05, 0.1) is 6.54 Å². The Labute approximate surface area is 89.3 Å². The first-order chi connectivity index (χ1) is 6.86. The van der Waals surface area contributed by atoms with E-state index in [1.54, 1.807) is 20.8 Å². The monoisotopic (exact) mass is 215 g/mol. The minimum atomic E-state index is -1.02. The number of hydrogen-bond donors (Lipinski definition) is 1. The molecular weight excluding hydrogens is 198 g/mol. The molecule has 0 saturated heterocycles. The van der Waals surface area contributed by atoms with Gasteiger partial charge in [-0.25, -0.2) is 9.59 Å². The summed E-state index contributed by atoms with van der Waals surface area (Å²) in [5.74, 6) is -0.496. The molecule has 0 saturated carbocycles. The van der Waals surface area contributed by atoms with Crippen LogP contribution in [0.2, 0.25) is 0 Å². The topological polar surface area (TPSA) is 66.8 Å². The largest absolute Gasteiger partial charge is 0.465 e. The first-order valence-corrected chi connectivity index (χ1v) is 4.68. The van der Waals surface area contributed by atoms with Gasteiger partial charge in [0.25, 0.3) is 0 Å². The molecule has 0 unspecified atom stereocenters. The molecule has 0 aromatic rings. The zero-order valence-electron chi connectivity index (χ0n) is 9.32. The van der Waals surface area contributed by atoms with Crippen LogP contribution in [0.1, 0.15) is 20.8 Å². The molecule has 1 N–H and O–H groups in total. The highest BCUT2D eigenvalue weighted by Crippen LogP contribution is 1.99. The average Bonchev–Trinajstić information content (AvgIpc) is 2.10. The molecule has 0 radical (unpaired) electrons. The van der Waals surface area contributed by atoms with E-state index < -0.39 is 12.1 Å². The molecule has 5 heteroatoms. The molecule has 0 heterocycles. The number of hydrogen-bond acceptors (Lipinski definition) is 3. The van der Waals surface area contributed by atoms with Crippen LogP contribution in [0, 0.1) is 0 Å². The van der Waals surface area contributed by atoms with E-state index in [0.29, 0.717) is 5.57 Å². The van der Waals surface area contributed by atoms with Gasteiger partial charge in [-0.15, -0.1) is 0 Å². The molecule has 0 aromatic heterocycles. The number of rotatable bonds is 5. The van der Waals surface area contributed by atoms with Gasteiger partial charge in [-0.05, 0) is 20.8 Å². The van der Waals surface area contributed by atoms with E-state index >= 15 is 0 Å². The molecule has 0 fully saturated rings. The van der Waals surface area contributed by atoms with Crippen LogP contribution in [0.25, 0.3) is 0 Å². The lowest BCUT2D eigenvalue weighted by atomic mass is 10.3. The second kappa shape index (κ2) is 6.06. The van der Waals surface area contributed by atoms with E-state index in [1.165, 1.54) is 4.90 Å². The minimum Gasteiger partial charge on any atom is -0.465 e. The van der Waals surface area contributed by atoms with Crippen molar-refractivity contribution in [3.63, 3.8) is 0 Å². The summed E-state index contributed by atoms with van der Waals surface area (Å²) in [4.78, 5) is 22.9. The highest BCUT2D eigenvalue weighted by molar-refractivity contribution is 5.86. The molecule has 0 spiro atoms. The highest BCUT2D eigenvalue weighted by Gasteiger charge is 2.15. The van der Waals surface area contributed by atoms with Gasteiger partial charge < -0.3 is 14.7 Å². The van der Waals surface area contributed by atoms with Gasteiger partial charge in [-0.1, -0.05) is 6.58 Å². The van der Waals surface area contributed by atoms with Gasteiger partial charge in [0.2, 0.25) is 0 Å². The van der Waals surface area contributed by atoms with Crippen LogP contribution in [0.15, 0.2) is 12.2 Å². The van der Waals surface area contributed by atoms with Gasteiger partial charge in [0, 0.05) is 11.6 Å². The maximum absolute atomic E-state index is 11.0. The van der Waals surface area contributed by atoms with Crippen molar-refractivity contribution in [1.82, 2.24) is 4.90 Å². The zero-order chi connectivity index (χ0) is 12.0. The fourth-order valence-corrected chi connectivity index (χ4v) is 0.935. The van der Waals surface area contributed by atoms with Crippen molar-refractivity contribution in [3.05, 3.63) is 12.2 Å². The Morgan fingerprint density at radius 3 is 2.33 bits per heavy atom. The molecule has 5 nitrogen and oxygen atoms in total. The number of ether oxygens (including phenoxy) is 1. The lowest BCUT2D eigenvalue weighted by Gasteiger charge is -2.22. The van der Waals surface area contributed by atoms with E-state index in [4.69, 9.17) is 9.84 Å². The fraction of sp³-hybridized carbons (Fsp3) is 0.600. The van der Waals surface area contributed by atoms with Crippen molar-refractivity contribution in [1.29, 1.82) is 0 Å². The maximum atomic E-state index is 11.0. The predicted octanol–water partition coefficient (Wildman–Crippen LogP) is 1.49. The van der Waals surface area contributed by atoms with Crippen molar-refractivity contribution in [2.24, 2.45) is 0 Å². The SMILES string of the molecule is C=C(C)C(=O)OCCN(C(=O)O)C(C)C. The molecule has 0 rings (SSSR count). The van der Waals surface area contributed by atoms with E-state index in [0.717, 1.165) is 0 Å². The molecule has 0 bridgehead atoms. The molecule has 86 valence electrons. The van der Waals surface area contributed by atoms with Crippen molar-refractivity contribution in [2.75, 3.05) is 13.2 Å². The Balaban J connectivity index is 3.97. The smallest absolute Gasteiger partial charge is 0.407 e. The van der Waals surface area contributed by atoms with Crippen LogP contribution in [-0.4, -0.2) is 41.3 Å². The number of amides is 1. The van der Waals surface area contributed by atoms with Crippen molar-refractivity contribution >= 4 is 12.1 Å². The van der Waals surface area contributed by atoms with E-state index in [-0.39, 0.29) is 19.2 Å². The van der Waals surface area contributed by atoms with Crippen molar-refractivity contribution in [3.8, 4) is 0 Å². The van der Waals surface area contributed by atoms with Crippen LogP contribution in [-0.2, 0) is 9.53 Å². The third-order valence-corrected chi connectivity index (χ3v) is 1.78. The lowest BCUT2D eigenvalue weighted by Crippen LogP contribution is -2.38. The molecule has 0 atom stereocenters.